The van der Waals surface area contributed by atoms with Gasteiger partial charge in [0.25, 0.3) is 0 Å². The molecule has 1 aliphatic carbocycles. The van der Waals surface area contributed by atoms with Crippen molar-refractivity contribution in [1.29, 1.82) is 0 Å². The molecule has 0 aliphatic heterocycles. The van der Waals surface area contributed by atoms with Crippen LogP contribution in [0.25, 0.3) is 10.4 Å². The Labute approximate surface area is 141 Å². The molecule has 1 atom stereocenters. The van der Waals surface area contributed by atoms with Crippen molar-refractivity contribution in [2.45, 2.75) is 50.5 Å². The molecule has 7 heteroatoms. The van der Waals surface area contributed by atoms with E-state index in [2.05, 4.69) is 10.0 Å². The van der Waals surface area contributed by atoms with Crippen LogP contribution in [0.15, 0.2) is 23.3 Å². The Bertz CT molecular complexity index is 608. The van der Waals surface area contributed by atoms with Gasteiger partial charge in [0.15, 0.2) is 11.5 Å². The number of hydrogen-bond acceptors (Lipinski definition) is 4. The molecule has 2 rings (SSSR count). The minimum absolute atomic E-state index is 0.0243. The van der Waals surface area contributed by atoms with E-state index in [1.807, 2.05) is 18.2 Å². The van der Waals surface area contributed by atoms with E-state index in [-0.39, 0.29) is 25.0 Å². The Morgan fingerprint density at radius 3 is 2.79 bits per heavy atom. The molecule has 1 aliphatic rings. The largest absolute Gasteiger partial charge is 0.493 e. The van der Waals surface area contributed by atoms with Crippen molar-refractivity contribution < 1.29 is 19.4 Å². The molecule has 7 nitrogen and oxygen atoms in total. The molecule has 1 saturated carbocycles. The first-order valence-electron chi connectivity index (χ1n) is 8.21. The first-order valence-corrected chi connectivity index (χ1v) is 8.21. The predicted octanol–water partition coefficient (Wildman–Crippen LogP) is 4.28. The summed E-state index contributed by atoms with van der Waals surface area (Å²) in [5.41, 5.74) is 9.46. The normalized spacial score (nSPS) is 15.5. The fourth-order valence-corrected chi connectivity index (χ4v) is 3.02. The quantitative estimate of drug-likeness (QED) is 0.414. The molecule has 0 spiro atoms. The summed E-state index contributed by atoms with van der Waals surface area (Å²) in [5.74, 6) is 0.306. The smallest absolute Gasteiger partial charge is 0.303 e. The van der Waals surface area contributed by atoms with Crippen molar-refractivity contribution in [3.63, 3.8) is 0 Å². The van der Waals surface area contributed by atoms with Crippen molar-refractivity contribution in [3.8, 4) is 11.5 Å². The zero-order valence-electron chi connectivity index (χ0n) is 13.9. The zero-order valence-corrected chi connectivity index (χ0v) is 13.9. The predicted molar refractivity (Wildman–Crippen MR) is 89.5 cm³/mol. The summed E-state index contributed by atoms with van der Waals surface area (Å²) in [4.78, 5) is 13.6. The highest BCUT2D eigenvalue weighted by molar-refractivity contribution is 5.66. The third-order valence-electron chi connectivity index (χ3n) is 4.33. The van der Waals surface area contributed by atoms with Crippen LogP contribution in [0.1, 0.15) is 50.0 Å². The molecule has 1 aromatic rings. The number of aliphatic carboxylic acids is 1. The Morgan fingerprint density at radius 1 is 1.42 bits per heavy atom. The molecule has 1 fully saturated rings. The van der Waals surface area contributed by atoms with Crippen molar-refractivity contribution in [3.05, 3.63) is 34.2 Å². The molecule has 0 saturated heterocycles. The standard InChI is InChI=1S/C17H23N3O4/c1-23-15-8-6-12(10-16(15)24-14-4-2-3-5-14)13(11-19-20-18)7-9-17(21)22/h6,8,10,13-14H,2-5,7,9,11H2,1H3,(H,21,22)/t13-/m1/s1. The minimum atomic E-state index is -0.864. The van der Waals surface area contributed by atoms with Crippen LogP contribution in [0.2, 0.25) is 0 Å². The number of carbonyl (C=O) groups is 1. The Kier molecular flexibility index (Phi) is 6.75. The Balaban J connectivity index is 2.21. The molecule has 0 unspecified atom stereocenters. The molecule has 130 valence electrons. The molecule has 24 heavy (non-hydrogen) atoms. The van der Waals surface area contributed by atoms with Gasteiger partial charge in [0.1, 0.15) is 0 Å². The fraction of sp³-hybridized carbons (Fsp3) is 0.588. The summed E-state index contributed by atoms with van der Waals surface area (Å²) >= 11 is 0. The van der Waals surface area contributed by atoms with Gasteiger partial charge < -0.3 is 14.6 Å². The zero-order chi connectivity index (χ0) is 17.4. The molecule has 0 radical (unpaired) electrons. The molecule has 0 heterocycles. The van der Waals surface area contributed by atoms with Crippen LogP contribution in [0.4, 0.5) is 0 Å². The summed E-state index contributed by atoms with van der Waals surface area (Å²) in [5, 5.41) is 12.5. The van der Waals surface area contributed by atoms with Crippen molar-refractivity contribution in [1.82, 2.24) is 0 Å². The van der Waals surface area contributed by atoms with E-state index in [9.17, 15) is 4.79 Å². The second-order valence-corrected chi connectivity index (χ2v) is 5.98. The van der Waals surface area contributed by atoms with Crippen molar-refractivity contribution in [2.24, 2.45) is 5.11 Å². The lowest BCUT2D eigenvalue weighted by Gasteiger charge is -2.19. The van der Waals surface area contributed by atoms with E-state index >= 15 is 0 Å². The van der Waals surface area contributed by atoms with Crippen LogP contribution < -0.4 is 9.47 Å². The lowest BCUT2D eigenvalue weighted by atomic mass is 9.94. The molecule has 1 aromatic carbocycles. The number of carboxylic acid groups (broad SMARTS) is 1. The number of azide groups is 1. The molecule has 0 bridgehead atoms. The van der Waals surface area contributed by atoms with E-state index in [4.69, 9.17) is 20.1 Å². The van der Waals surface area contributed by atoms with Crippen molar-refractivity contribution >= 4 is 5.97 Å². The third kappa shape index (κ3) is 5.06. The van der Waals surface area contributed by atoms with Gasteiger partial charge in [-0.1, -0.05) is 11.2 Å². The number of methoxy groups -OCH3 is 1. The van der Waals surface area contributed by atoms with Crippen LogP contribution >= 0.6 is 0 Å². The third-order valence-corrected chi connectivity index (χ3v) is 4.33. The van der Waals surface area contributed by atoms with Gasteiger partial charge in [-0.15, -0.1) is 0 Å². The molecule has 1 N–H and O–H groups in total. The number of nitrogens with zero attached hydrogens (tertiary/aromatic N) is 3. The average molecular weight is 333 g/mol. The highest BCUT2D eigenvalue weighted by atomic mass is 16.5. The van der Waals surface area contributed by atoms with Gasteiger partial charge in [0.05, 0.1) is 13.2 Å². The number of rotatable bonds is 9. The fourth-order valence-electron chi connectivity index (χ4n) is 3.02. The summed E-state index contributed by atoms with van der Waals surface area (Å²) in [7, 11) is 1.60. The number of benzene rings is 1. The molecule has 0 aromatic heterocycles. The van der Waals surface area contributed by atoms with Gasteiger partial charge in [0.2, 0.25) is 0 Å². The van der Waals surface area contributed by atoms with E-state index in [0.717, 1.165) is 18.4 Å². The summed E-state index contributed by atoms with van der Waals surface area (Å²) in [6.45, 7) is 0.221. The van der Waals surface area contributed by atoms with Gasteiger partial charge >= 0.3 is 5.97 Å². The van der Waals surface area contributed by atoms with Gasteiger partial charge in [-0.3, -0.25) is 4.79 Å². The second-order valence-electron chi connectivity index (χ2n) is 5.98. The van der Waals surface area contributed by atoms with E-state index < -0.39 is 5.97 Å². The summed E-state index contributed by atoms with van der Waals surface area (Å²) in [6.07, 6.45) is 5.04. The van der Waals surface area contributed by atoms with Crippen LogP contribution in [0.3, 0.4) is 0 Å². The first kappa shape index (κ1) is 17.9. The molecular formula is C17H23N3O4. The Morgan fingerprint density at radius 2 is 2.17 bits per heavy atom. The van der Waals surface area contributed by atoms with Gasteiger partial charge in [-0.05, 0) is 61.2 Å². The van der Waals surface area contributed by atoms with Crippen LogP contribution in [-0.2, 0) is 4.79 Å². The van der Waals surface area contributed by atoms with Crippen LogP contribution in [0, 0.1) is 0 Å². The maximum absolute atomic E-state index is 10.9. The SMILES string of the molecule is COc1ccc([C@H](CCC(=O)O)CN=[N+]=[N-])cc1OC1CCCC1. The number of carboxylic acids is 1. The van der Waals surface area contributed by atoms with E-state index in [0.29, 0.717) is 17.9 Å². The van der Waals surface area contributed by atoms with E-state index in [1.54, 1.807) is 7.11 Å². The topological polar surface area (TPSA) is 105 Å². The second kappa shape index (κ2) is 9.03. The lowest BCUT2D eigenvalue weighted by molar-refractivity contribution is -0.137. The molecule has 0 amide bonds. The average Bonchev–Trinajstić information content (AvgIpc) is 3.08. The maximum Gasteiger partial charge on any atom is 0.303 e. The Hall–Kier alpha value is -2.40. The maximum atomic E-state index is 10.9. The number of ether oxygens (including phenoxy) is 2. The summed E-state index contributed by atoms with van der Waals surface area (Å²) < 4.78 is 11.4. The first-order chi connectivity index (χ1) is 11.6. The summed E-state index contributed by atoms with van der Waals surface area (Å²) in [6, 6.07) is 5.58. The molecular weight excluding hydrogens is 310 g/mol. The lowest BCUT2D eigenvalue weighted by Crippen LogP contribution is -2.12. The van der Waals surface area contributed by atoms with E-state index in [1.165, 1.54) is 12.8 Å². The van der Waals surface area contributed by atoms with Gasteiger partial charge in [0, 0.05) is 17.9 Å². The highest BCUT2D eigenvalue weighted by Gasteiger charge is 2.20. The van der Waals surface area contributed by atoms with Crippen LogP contribution in [-0.4, -0.2) is 30.8 Å². The highest BCUT2D eigenvalue weighted by Crippen LogP contribution is 2.35. The monoisotopic (exact) mass is 333 g/mol. The van der Waals surface area contributed by atoms with Gasteiger partial charge in [-0.2, -0.15) is 0 Å². The van der Waals surface area contributed by atoms with Crippen LogP contribution in [0.5, 0.6) is 11.5 Å². The van der Waals surface area contributed by atoms with Crippen molar-refractivity contribution in [2.75, 3.05) is 13.7 Å². The number of hydrogen-bond donors (Lipinski definition) is 1. The minimum Gasteiger partial charge on any atom is -0.493 e. The van der Waals surface area contributed by atoms with Gasteiger partial charge in [-0.25, -0.2) is 0 Å².